The first-order chi connectivity index (χ1) is 10.7. The molecule has 0 radical (unpaired) electrons. The maximum absolute atomic E-state index is 4.66. The van der Waals surface area contributed by atoms with E-state index < -0.39 is 0 Å². The highest BCUT2D eigenvalue weighted by atomic mass is 15.3. The molecule has 1 aromatic heterocycles. The number of hydrogen-bond acceptors (Lipinski definition) is 5. The summed E-state index contributed by atoms with van der Waals surface area (Å²) >= 11 is 0. The fraction of sp³-hybridized carbons (Fsp3) is 0.765. The minimum absolute atomic E-state index is 0.694. The number of rotatable bonds is 4. The van der Waals surface area contributed by atoms with Crippen molar-refractivity contribution in [3.63, 3.8) is 0 Å². The average Bonchev–Trinajstić information content (AvgIpc) is 3.04. The number of aromatic nitrogens is 2. The molecule has 0 bridgehead atoms. The molecule has 22 heavy (non-hydrogen) atoms. The molecular formula is C17H29N5. The van der Waals surface area contributed by atoms with Crippen molar-refractivity contribution in [2.45, 2.75) is 39.7 Å². The summed E-state index contributed by atoms with van der Waals surface area (Å²) in [4.78, 5) is 16.8. The third-order valence-corrected chi connectivity index (χ3v) is 5.10. The van der Waals surface area contributed by atoms with Crippen LogP contribution in [0.25, 0.3) is 0 Å². The maximum Gasteiger partial charge on any atom is 0.132 e. The summed E-state index contributed by atoms with van der Waals surface area (Å²) in [7, 11) is 0. The molecule has 1 atom stereocenters. The van der Waals surface area contributed by atoms with Crippen LogP contribution in [0.2, 0.25) is 0 Å². The predicted molar refractivity (Wildman–Crippen MR) is 90.5 cm³/mol. The minimum atomic E-state index is 0.694. The SMILES string of the molecule is CCc1cc(N2CC[C@H](N3CCN(CC)CC3)C2)nc(C)n1. The van der Waals surface area contributed by atoms with Crippen molar-refractivity contribution in [1.82, 2.24) is 19.8 Å². The van der Waals surface area contributed by atoms with Crippen LogP contribution in [0.4, 0.5) is 5.82 Å². The van der Waals surface area contributed by atoms with E-state index in [2.05, 4.69) is 44.6 Å². The van der Waals surface area contributed by atoms with Gasteiger partial charge in [-0.05, 0) is 26.3 Å². The highest BCUT2D eigenvalue weighted by Crippen LogP contribution is 2.23. The molecule has 0 unspecified atom stereocenters. The van der Waals surface area contributed by atoms with Gasteiger partial charge < -0.3 is 9.80 Å². The van der Waals surface area contributed by atoms with Crippen molar-refractivity contribution in [3.8, 4) is 0 Å². The number of anilines is 1. The van der Waals surface area contributed by atoms with Gasteiger partial charge in [-0.3, -0.25) is 4.90 Å². The zero-order chi connectivity index (χ0) is 15.5. The fourth-order valence-corrected chi connectivity index (χ4v) is 3.65. The lowest BCUT2D eigenvalue weighted by Crippen LogP contribution is -2.50. The van der Waals surface area contributed by atoms with Crippen LogP contribution < -0.4 is 4.90 Å². The van der Waals surface area contributed by atoms with Gasteiger partial charge in [0.1, 0.15) is 11.6 Å². The number of aryl methyl sites for hydroxylation is 2. The van der Waals surface area contributed by atoms with Gasteiger partial charge in [-0.1, -0.05) is 13.8 Å². The third-order valence-electron chi connectivity index (χ3n) is 5.10. The van der Waals surface area contributed by atoms with Crippen LogP contribution >= 0.6 is 0 Å². The fourth-order valence-electron chi connectivity index (χ4n) is 3.65. The maximum atomic E-state index is 4.66. The Kier molecular flexibility index (Phi) is 4.93. The van der Waals surface area contributed by atoms with Crippen molar-refractivity contribution < 1.29 is 0 Å². The molecule has 2 saturated heterocycles. The monoisotopic (exact) mass is 303 g/mol. The summed E-state index contributed by atoms with van der Waals surface area (Å²) in [5.74, 6) is 2.02. The van der Waals surface area contributed by atoms with E-state index in [0.29, 0.717) is 6.04 Å². The van der Waals surface area contributed by atoms with Crippen molar-refractivity contribution in [2.75, 3.05) is 50.7 Å². The zero-order valence-electron chi connectivity index (χ0n) is 14.3. The minimum Gasteiger partial charge on any atom is -0.355 e. The summed E-state index contributed by atoms with van der Waals surface area (Å²) in [5.41, 5.74) is 1.16. The van der Waals surface area contributed by atoms with Crippen LogP contribution in [0.3, 0.4) is 0 Å². The Morgan fingerprint density at radius 2 is 1.86 bits per heavy atom. The van der Waals surface area contributed by atoms with Crippen LogP contribution in [-0.2, 0) is 6.42 Å². The molecule has 122 valence electrons. The third kappa shape index (κ3) is 3.41. The van der Waals surface area contributed by atoms with Crippen molar-refractivity contribution >= 4 is 5.82 Å². The summed E-state index contributed by atoms with van der Waals surface area (Å²) in [6.45, 7) is 14.7. The quantitative estimate of drug-likeness (QED) is 0.843. The van der Waals surface area contributed by atoms with Gasteiger partial charge in [0.15, 0.2) is 0 Å². The number of hydrogen-bond donors (Lipinski definition) is 0. The molecule has 2 aliphatic rings. The number of likely N-dealkylation sites (N-methyl/N-ethyl adjacent to an activating group) is 1. The second-order valence-electron chi connectivity index (χ2n) is 6.48. The Morgan fingerprint density at radius 3 is 2.55 bits per heavy atom. The summed E-state index contributed by atoms with van der Waals surface area (Å²) in [5, 5.41) is 0. The van der Waals surface area contributed by atoms with Crippen LogP contribution in [-0.4, -0.2) is 71.6 Å². The lowest BCUT2D eigenvalue weighted by Gasteiger charge is -2.37. The van der Waals surface area contributed by atoms with E-state index in [1.807, 2.05) is 6.92 Å². The molecule has 5 nitrogen and oxygen atoms in total. The predicted octanol–water partition coefficient (Wildman–Crippen LogP) is 1.56. The van der Waals surface area contributed by atoms with E-state index in [9.17, 15) is 0 Å². The second-order valence-corrected chi connectivity index (χ2v) is 6.48. The molecule has 1 aromatic rings. The first-order valence-electron chi connectivity index (χ1n) is 8.75. The van der Waals surface area contributed by atoms with E-state index in [1.54, 1.807) is 0 Å². The number of piperazine rings is 1. The smallest absolute Gasteiger partial charge is 0.132 e. The van der Waals surface area contributed by atoms with Crippen LogP contribution in [0.15, 0.2) is 6.07 Å². The Balaban J connectivity index is 1.61. The molecule has 0 saturated carbocycles. The molecule has 0 amide bonds. The molecule has 3 rings (SSSR count). The topological polar surface area (TPSA) is 35.5 Å². The van der Waals surface area contributed by atoms with E-state index in [-0.39, 0.29) is 0 Å². The van der Waals surface area contributed by atoms with Crippen LogP contribution in [0, 0.1) is 6.92 Å². The largest absolute Gasteiger partial charge is 0.355 e. The van der Waals surface area contributed by atoms with Gasteiger partial charge in [-0.25, -0.2) is 9.97 Å². The van der Waals surface area contributed by atoms with E-state index in [1.165, 1.54) is 39.1 Å². The second kappa shape index (κ2) is 6.92. The van der Waals surface area contributed by atoms with Crippen molar-refractivity contribution in [2.24, 2.45) is 0 Å². The van der Waals surface area contributed by atoms with Crippen LogP contribution in [0.5, 0.6) is 0 Å². The Bertz CT molecular complexity index is 496. The molecule has 0 spiro atoms. The lowest BCUT2D eigenvalue weighted by atomic mass is 10.2. The van der Waals surface area contributed by atoms with Crippen molar-refractivity contribution in [3.05, 3.63) is 17.6 Å². The van der Waals surface area contributed by atoms with E-state index in [4.69, 9.17) is 0 Å². The first kappa shape index (κ1) is 15.7. The summed E-state index contributed by atoms with van der Waals surface area (Å²) in [6, 6.07) is 2.86. The highest BCUT2D eigenvalue weighted by Gasteiger charge is 2.30. The Labute approximate surface area is 134 Å². The molecule has 5 heteroatoms. The van der Waals surface area contributed by atoms with Gasteiger partial charge in [0.25, 0.3) is 0 Å². The average molecular weight is 303 g/mol. The lowest BCUT2D eigenvalue weighted by molar-refractivity contribution is 0.107. The molecular weight excluding hydrogens is 274 g/mol. The summed E-state index contributed by atoms with van der Waals surface area (Å²) < 4.78 is 0. The molecule has 0 aromatic carbocycles. The number of nitrogens with zero attached hydrogens (tertiary/aromatic N) is 5. The highest BCUT2D eigenvalue weighted by molar-refractivity contribution is 5.41. The standard InChI is InChI=1S/C17H29N5/c1-4-15-12-17(19-14(3)18-15)22-7-6-16(13-22)21-10-8-20(5-2)9-11-21/h12,16H,4-11,13H2,1-3H3/t16-/m0/s1. The van der Waals surface area contributed by atoms with Gasteiger partial charge in [-0.15, -0.1) is 0 Å². The Morgan fingerprint density at radius 1 is 1.09 bits per heavy atom. The Hall–Kier alpha value is -1.20. The molecule has 0 aliphatic carbocycles. The molecule has 0 N–H and O–H groups in total. The van der Waals surface area contributed by atoms with E-state index in [0.717, 1.165) is 36.8 Å². The van der Waals surface area contributed by atoms with Gasteiger partial charge in [-0.2, -0.15) is 0 Å². The zero-order valence-corrected chi connectivity index (χ0v) is 14.3. The van der Waals surface area contributed by atoms with Gasteiger partial charge >= 0.3 is 0 Å². The molecule has 2 fully saturated rings. The van der Waals surface area contributed by atoms with Crippen LogP contribution in [0.1, 0.15) is 31.8 Å². The van der Waals surface area contributed by atoms with Gasteiger partial charge in [0.2, 0.25) is 0 Å². The molecule has 2 aliphatic heterocycles. The first-order valence-corrected chi connectivity index (χ1v) is 8.75. The van der Waals surface area contributed by atoms with Crippen molar-refractivity contribution in [1.29, 1.82) is 0 Å². The normalized spacial score (nSPS) is 24.1. The van der Waals surface area contributed by atoms with Gasteiger partial charge in [0.05, 0.1) is 0 Å². The van der Waals surface area contributed by atoms with E-state index >= 15 is 0 Å². The summed E-state index contributed by atoms with van der Waals surface area (Å²) in [6.07, 6.45) is 2.24. The van der Waals surface area contributed by atoms with Gasteiger partial charge in [0, 0.05) is 57.1 Å². The molecule has 3 heterocycles.